The SMILES string of the molecule is C=CC(C)C(C)C(=O)N(CC)C(C)=O. The van der Waals surface area contributed by atoms with Crippen LogP contribution in [0.3, 0.4) is 0 Å². The third-order valence-electron chi connectivity index (χ3n) is 2.51. The smallest absolute Gasteiger partial charge is 0.232 e. The van der Waals surface area contributed by atoms with Crippen LogP contribution < -0.4 is 0 Å². The molecule has 2 atom stereocenters. The molecule has 3 heteroatoms. The van der Waals surface area contributed by atoms with Gasteiger partial charge in [-0.05, 0) is 12.8 Å². The van der Waals surface area contributed by atoms with Crippen molar-refractivity contribution in [3.05, 3.63) is 12.7 Å². The normalized spacial score (nSPS) is 14.3. The van der Waals surface area contributed by atoms with Crippen LogP contribution in [-0.2, 0) is 9.59 Å². The molecule has 3 nitrogen and oxygen atoms in total. The number of carbonyl (C=O) groups is 2. The lowest BCUT2D eigenvalue weighted by Crippen LogP contribution is -2.40. The molecule has 14 heavy (non-hydrogen) atoms. The minimum absolute atomic E-state index is 0.0934. The van der Waals surface area contributed by atoms with Gasteiger partial charge in [0.15, 0.2) is 0 Å². The summed E-state index contributed by atoms with van der Waals surface area (Å²) < 4.78 is 0. The summed E-state index contributed by atoms with van der Waals surface area (Å²) in [6.07, 6.45) is 1.73. The Bertz CT molecular complexity index is 235. The van der Waals surface area contributed by atoms with E-state index in [-0.39, 0.29) is 23.7 Å². The van der Waals surface area contributed by atoms with Crippen LogP contribution in [-0.4, -0.2) is 23.3 Å². The van der Waals surface area contributed by atoms with Crippen molar-refractivity contribution in [3.63, 3.8) is 0 Å². The third kappa shape index (κ3) is 2.98. The topological polar surface area (TPSA) is 37.4 Å². The van der Waals surface area contributed by atoms with Crippen LogP contribution in [0, 0.1) is 11.8 Å². The zero-order valence-corrected chi connectivity index (χ0v) is 9.41. The Kier molecular flexibility index (Phi) is 5.13. The molecule has 0 heterocycles. The van der Waals surface area contributed by atoms with Crippen molar-refractivity contribution in [2.24, 2.45) is 11.8 Å². The van der Waals surface area contributed by atoms with Crippen molar-refractivity contribution in [3.8, 4) is 0 Å². The summed E-state index contributed by atoms with van der Waals surface area (Å²) in [4.78, 5) is 24.2. The first-order chi connectivity index (χ1) is 6.45. The van der Waals surface area contributed by atoms with Gasteiger partial charge in [0, 0.05) is 19.4 Å². The quantitative estimate of drug-likeness (QED) is 0.645. The predicted octanol–water partition coefficient (Wildman–Crippen LogP) is 1.84. The highest BCUT2D eigenvalue weighted by Gasteiger charge is 2.24. The number of rotatable bonds is 4. The molecule has 80 valence electrons. The summed E-state index contributed by atoms with van der Waals surface area (Å²) in [6.45, 7) is 11.0. The van der Waals surface area contributed by atoms with Crippen LogP contribution in [0.1, 0.15) is 27.7 Å². The largest absolute Gasteiger partial charge is 0.283 e. The number of amides is 2. The maximum absolute atomic E-state index is 11.8. The first-order valence-electron chi connectivity index (χ1n) is 4.90. The number of hydrogen-bond donors (Lipinski definition) is 0. The van der Waals surface area contributed by atoms with Gasteiger partial charge in [0.1, 0.15) is 0 Å². The lowest BCUT2D eigenvalue weighted by atomic mass is 9.95. The summed E-state index contributed by atoms with van der Waals surface area (Å²) in [7, 11) is 0. The Labute approximate surface area is 85.8 Å². The molecule has 0 rings (SSSR count). The summed E-state index contributed by atoms with van der Waals surface area (Å²) in [5.41, 5.74) is 0. The van der Waals surface area contributed by atoms with E-state index in [1.807, 2.05) is 13.8 Å². The van der Waals surface area contributed by atoms with Gasteiger partial charge in [-0.2, -0.15) is 0 Å². The Morgan fingerprint density at radius 3 is 2.21 bits per heavy atom. The second-order valence-electron chi connectivity index (χ2n) is 3.49. The Morgan fingerprint density at radius 1 is 1.43 bits per heavy atom. The summed E-state index contributed by atoms with van der Waals surface area (Å²) in [5, 5.41) is 0. The molecule has 0 saturated heterocycles. The lowest BCUT2D eigenvalue weighted by Gasteiger charge is -2.23. The number of imide groups is 1. The highest BCUT2D eigenvalue weighted by molar-refractivity contribution is 5.95. The molecule has 0 spiro atoms. The molecule has 2 unspecified atom stereocenters. The van der Waals surface area contributed by atoms with Crippen LogP contribution >= 0.6 is 0 Å². The predicted molar refractivity (Wildman–Crippen MR) is 56.6 cm³/mol. The molecular weight excluding hydrogens is 178 g/mol. The maximum atomic E-state index is 11.8. The molecule has 0 aliphatic rings. The van der Waals surface area contributed by atoms with Crippen molar-refractivity contribution in [2.75, 3.05) is 6.54 Å². The van der Waals surface area contributed by atoms with Gasteiger partial charge < -0.3 is 0 Å². The Hall–Kier alpha value is -1.12. The molecule has 0 saturated carbocycles. The minimum atomic E-state index is -0.194. The van der Waals surface area contributed by atoms with E-state index in [1.165, 1.54) is 11.8 Å². The van der Waals surface area contributed by atoms with E-state index in [0.29, 0.717) is 6.54 Å². The van der Waals surface area contributed by atoms with Crippen molar-refractivity contribution >= 4 is 11.8 Å². The summed E-state index contributed by atoms with van der Waals surface area (Å²) in [5.74, 6) is -0.403. The average Bonchev–Trinajstić information content (AvgIpc) is 2.15. The Morgan fingerprint density at radius 2 is 1.93 bits per heavy atom. The standard InChI is InChI=1S/C11H19NO2/c1-6-8(3)9(4)11(14)12(7-2)10(5)13/h6,8-9H,1,7H2,2-5H3. The zero-order valence-electron chi connectivity index (χ0n) is 9.41. The fourth-order valence-corrected chi connectivity index (χ4v) is 1.21. The van der Waals surface area contributed by atoms with Crippen LogP contribution in [0.5, 0.6) is 0 Å². The van der Waals surface area contributed by atoms with E-state index in [0.717, 1.165) is 0 Å². The summed E-state index contributed by atoms with van der Waals surface area (Å²) in [6, 6.07) is 0. The van der Waals surface area contributed by atoms with Gasteiger partial charge in [-0.3, -0.25) is 14.5 Å². The van der Waals surface area contributed by atoms with Crippen LogP contribution in [0.25, 0.3) is 0 Å². The van der Waals surface area contributed by atoms with E-state index >= 15 is 0 Å². The number of hydrogen-bond acceptors (Lipinski definition) is 2. The van der Waals surface area contributed by atoms with Crippen LogP contribution in [0.2, 0.25) is 0 Å². The van der Waals surface area contributed by atoms with E-state index in [1.54, 1.807) is 13.0 Å². The lowest BCUT2D eigenvalue weighted by molar-refractivity contribution is -0.146. The van der Waals surface area contributed by atoms with Gasteiger partial charge in [0.05, 0.1) is 0 Å². The first kappa shape index (κ1) is 12.9. The average molecular weight is 197 g/mol. The molecule has 0 fully saturated rings. The van der Waals surface area contributed by atoms with Gasteiger partial charge in [-0.1, -0.05) is 19.9 Å². The molecule has 0 aliphatic heterocycles. The van der Waals surface area contributed by atoms with Crippen molar-refractivity contribution in [1.29, 1.82) is 0 Å². The molecular formula is C11H19NO2. The van der Waals surface area contributed by atoms with Crippen LogP contribution in [0.15, 0.2) is 12.7 Å². The van der Waals surface area contributed by atoms with E-state index in [4.69, 9.17) is 0 Å². The highest BCUT2D eigenvalue weighted by Crippen LogP contribution is 2.15. The van der Waals surface area contributed by atoms with Gasteiger partial charge in [0.2, 0.25) is 11.8 Å². The minimum Gasteiger partial charge on any atom is -0.283 e. The van der Waals surface area contributed by atoms with Crippen LogP contribution in [0.4, 0.5) is 0 Å². The van der Waals surface area contributed by atoms with E-state index < -0.39 is 0 Å². The molecule has 0 aromatic heterocycles. The van der Waals surface area contributed by atoms with Crippen molar-refractivity contribution < 1.29 is 9.59 Å². The monoisotopic (exact) mass is 197 g/mol. The third-order valence-corrected chi connectivity index (χ3v) is 2.51. The highest BCUT2D eigenvalue weighted by atomic mass is 16.2. The molecule has 2 amide bonds. The van der Waals surface area contributed by atoms with Crippen molar-refractivity contribution in [1.82, 2.24) is 4.90 Å². The first-order valence-corrected chi connectivity index (χ1v) is 4.90. The summed E-state index contributed by atoms with van der Waals surface area (Å²) >= 11 is 0. The second kappa shape index (κ2) is 5.58. The molecule has 0 aliphatic carbocycles. The second-order valence-corrected chi connectivity index (χ2v) is 3.49. The number of allylic oxidation sites excluding steroid dienone is 1. The molecule has 0 bridgehead atoms. The zero-order chi connectivity index (χ0) is 11.3. The number of carbonyl (C=O) groups excluding carboxylic acids is 2. The fraction of sp³-hybridized carbons (Fsp3) is 0.636. The van der Waals surface area contributed by atoms with Gasteiger partial charge in [-0.25, -0.2) is 0 Å². The Balaban J connectivity index is 4.57. The molecule has 0 aromatic carbocycles. The van der Waals surface area contributed by atoms with E-state index in [9.17, 15) is 9.59 Å². The van der Waals surface area contributed by atoms with E-state index in [2.05, 4.69) is 6.58 Å². The fourth-order valence-electron chi connectivity index (χ4n) is 1.21. The molecule has 0 aromatic rings. The molecule has 0 radical (unpaired) electrons. The van der Waals surface area contributed by atoms with Gasteiger partial charge >= 0.3 is 0 Å². The maximum Gasteiger partial charge on any atom is 0.232 e. The molecule has 0 N–H and O–H groups in total. The van der Waals surface area contributed by atoms with Crippen molar-refractivity contribution in [2.45, 2.75) is 27.7 Å². The van der Waals surface area contributed by atoms with Gasteiger partial charge in [-0.15, -0.1) is 6.58 Å². The van der Waals surface area contributed by atoms with Gasteiger partial charge in [0.25, 0.3) is 0 Å². The number of nitrogens with zero attached hydrogens (tertiary/aromatic N) is 1.